The summed E-state index contributed by atoms with van der Waals surface area (Å²) in [6.45, 7) is 9.01. The first-order valence-corrected chi connectivity index (χ1v) is 5.67. The van der Waals surface area contributed by atoms with E-state index in [0.29, 0.717) is 16.7 Å². The van der Waals surface area contributed by atoms with Crippen molar-refractivity contribution in [3.8, 4) is 0 Å². The molecule has 0 aromatic carbocycles. The Morgan fingerprint density at radius 2 is 1.86 bits per heavy atom. The van der Waals surface area contributed by atoms with Gasteiger partial charge in [-0.25, -0.2) is 0 Å². The molecule has 2 saturated carbocycles. The number of hydrogen-bond acceptors (Lipinski definition) is 2. The maximum atomic E-state index is 4.73. The molecule has 2 nitrogen and oxygen atoms in total. The van der Waals surface area contributed by atoms with E-state index >= 15 is 0 Å². The molecule has 0 radical (unpaired) electrons. The maximum absolute atomic E-state index is 4.73. The molecule has 3 aliphatic rings. The second kappa shape index (κ2) is 2.29. The fourth-order valence-electron chi connectivity index (χ4n) is 3.62. The quantitative estimate of drug-likeness (QED) is 0.560. The van der Waals surface area contributed by atoms with Gasteiger partial charge in [0.05, 0.1) is 24.5 Å². The summed E-state index contributed by atoms with van der Waals surface area (Å²) in [5.74, 6) is 0.687. The van der Waals surface area contributed by atoms with Gasteiger partial charge in [0.2, 0.25) is 0 Å². The number of nitrogens with zero attached hydrogens (tertiary/aromatic N) is 2. The summed E-state index contributed by atoms with van der Waals surface area (Å²) in [6.07, 6.45) is 2.63. The Bertz CT molecular complexity index is 351. The lowest BCUT2D eigenvalue weighted by Gasteiger charge is -2.34. The van der Waals surface area contributed by atoms with E-state index in [4.69, 9.17) is 9.98 Å². The van der Waals surface area contributed by atoms with Crippen LogP contribution in [-0.2, 0) is 0 Å². The zero-order chi connectivity index (χ0) is 9.97. The fourth-order valence-corrected chi connectivity index (χ4v) is 3.62. The second-order valence-corrected chi connectivity index (χ2v) is 5.64. The van der Waals surface area contributed by atoms with Crippen LogP contribution in [0.1, 0.15) is 33.6 Å². The summed E-state index contributed by atoms with van der Waals surface area (Å²) in [6, 6.07) is 0. The Kier molecular flexibility index (Phi) is 1.41. The van der Waals surface area contributed by atoms with Crippen LogP contribution in [0, 0.1) is 16.7 Å². The lowest BCUT2D eigenvalue weighted by molar-refractivity contribution is 0.208. The van der Waals surface area contributed by atoms with Crippen molar-refractivity contribution >= 4 is 11.4 Å². The van der Waals surface area contributed by atoms with Crippen molar-refractivity contribution in [3.63, 3.8) is 0 Å². The molecule has 0 amide bonds. The first kappa shape index (κ1) is 8.63. The highest BCUT2D eigenvalue weighted by Gasteiger charge is 2.63. The molecule has 2 fully saturated rings. The largest absolute Gasteiger partial charge is 0.286 e. The molecule has 1 aliphatic heterocycles. The molecule has 2 aliphatic carbocycles. The van der Waals surface area contributed by atoms with E-state index in [1.165, 1.54) is 24.3 Å². The molecule has 0 N–H and O–H groups in total. The van der Waals surface area contributed by atoms with Crippen LogP contribution < -0.4 is 0 Å². The average Bonchev–Trinajstić information content (AvgIpc) is 2.49. The van der Waals surface area contributed by atoms with Crippen LogP contribution in [0.4, 0.5) is 0 Å². The molecule has 0 spiro atoms. The van der Waals surface area contributed by atoms with Crippen molar-refractivity contribution in [1.29, 1.82) is 0 Å². The highest BCUT2D eigenvalue weighted by atomic mass is 15.0. The van der Waals surface area contributed by atoms with Gasteiger partial charge in [-0.05, 0) is 18.3 Å². The van der Waals surface area contributed by atoms with Gasteiger partial charge in [-0.15, -0.1) is 0 Å². The van der Waals surface area contributed by atoms with Gasteiger partial charge in [0, 0.05) is 11.3 Å². The molecule has 14 heavy (non-hydrogen) atoms. The second-order valence-electron chi connectivity index (χ2n) is 5.64. The predicted octanol–water partition coefficient (Wildman–Crippen LogP) is 2.34. The predicted molar refractivity (Wildman–Crippen MR) is 59.2 cm³/mol. The molecule has 2 unspecified atom stereocenters. The van der Waals surface area contributed by atoms with Crippen LogP contribution >= 0.6 is 0 Å². The first-order chi connectivity index (χ1) is 6.57. The first-order valence-electron chi connectivity index (χ1n) is 5.67. The lowest BCUT2D eigenvalue weighted by atomic mass is 9.70. The third-order valence-electron chi connectivity index (χ3n) is 4.97. The Balaban J connectivity index is 2.21. The highest BCUT2D eigenvalue weighted by molar-refractivity contribution is 6.48. The molecule has 0 saturated heterocycles. The number of hydrogen-bond donors (Lipinski definition) is 0. The van der Waals surface area contributed by atoms with E-state index < -0.39 is 0 Å². The van der Waals surface area contributed by atoms with Crippen molar-refractivity contribution < 1.29 is 0 Å². The number of aliphatic imine (C=N–C) groups is 2. The van der Waals surface area contributed by atoms with Crippen LogP contribution in [0.15, 0.2) is 9.98 Å². The molecule has 2 heteroatoms. The summed E-state index contributed by atoms with van der Waals surface area (Å²) >= 11 is 0. The van der Waals surface area contributed by atoms with Gasteiger partial charge in [-0.3, -0.25) is 9.98 Å². The Morgan fingerprint density at radius 3 is 2.57 bits per heavy atom. The minimum absolute atomic E-state index is 0.316. The van der Waals surface area contributed by atoms with Crippen LogP contribution in [0.5, 0.6) is 0 Å². The molecule has 0 aromatic rings. The summed E-state index contributed by atoms with van der Waals surface area (Å²) in [5.41, 5.74) is 3.41. The third-order valence-corrected chi connectivity index (χ3v) is 4.97. The van der Waals surface area contributed by atoms with Crippen molar-refractivity contribution in [1.82, 2.24) is 0 Å². The summed E-state index contributed by atoms with van der Waals surface area (Å²) in [4.78, 5) is 9.43. The molecule has 3 rings (SSSR count). The minimum Gasteiger partial charge on any atom is -0.286 e. The van der Waals surface area contributed by atoms with Crippen molar-refractivity contribution in [2.24, 2.45) is 26.7 Å². The van der Waals surface area contributed by atoms with Crippen molar-refractivity contribution in [2.45, 2.75) is 33.6 Å². The fraction of sp³-hybridized carbons (Fsp3) is 0.833. The summed E-state index contributed by atoms with van der Waals surface area (Å²) in [7, 11) is 0. The van der Waals surface area contributed by atoms with Gasteiger partial charge in [-0.1, -0.05) is 20.8 Å². The van der Waals surface area contributed by atoms with Gasteiger partial charge in [0.1, 0.15) is 0 Å². The van der Waals surface area contributed by atoms with E-state index in [0.717, 1.165) is 13.1 Å². The van der Waals surface area contributed by atoms with E-state index in [9.17, 15) is 0 Å². The molecular formula is C12H18N2. The molecule has 76 valence electrons. The van der Waals surface area contributed by atoms with Crippen LogP contribution in [0.3, 0.4) is 0 Å². The van der Waals surface area contributed by atoms with E-state index in [-0.39, 0.29) is 0 Å². The van der Waals surface area contributed by atoms with Gasteiger partial charge < -0.3 is 0 Å². The Morgan fingerprint density at radius 1 is 1.14 bits per heavy atom. The van der Waals surface area contributed by atoms with Crippen LogP contribution in [0.25, 0.3) is 0 Å². The zero-order valence-corrected chi connectivity index (χ0v) is 9.30. The topological polar surface area (TPSA) is 24.7 Å². The molecule has 2 bridgehead atoms. The van der Waals surface area contributed by atoms with Crippen LogP contribution in [0.2, 0.25) is 0 Å². The number of fused-ring (bicyclic) bond motifs is 5. The lowest BCUT2D eigenvalue weighted by Crippen LogP contribution is -2.35. The number of rotatable bonds is 0. The molecular weight excluding hydrogens is 172 g/mol. The van der Waals surface area contributed by atoms with Gasteiger partial charge in [0.15, 0.2) is 0 Å². The monoisotopic (exact) mass is 190 g/mol. The van der Waals surface area contributed by atoms with E-state index in [1.54, 1.807) is 0 Å². The summed E-state index contributed by atoms with van der Waals surface area (Å²) in [5, 5.41) is 0. The minimum atomic E-state index is 0.316. The van der Waals surface area contributed by atoms with Gasteiger partial charge in [-0.2, -0.15) is 0 Å². The Hall–Kier alpha value is -0.660. The zero-order valence-electron chi connectivity index (χ0n) is 9.30. The van der Waals surface area contributed by atoms with E-state index in [2.05, 4.69) is 20.8 Å². The normalized spacial score (nSPS) is 43.2. The third kappa shape index (κ3) is 0.709. The Labute approximate surface area is 85.5 Å². The van der Waals surface area contributed by atoms with Crippen LogP contribution in [-0.4, -0.2) is 24.5 Å². The standard InChI is InChI=1S/C12H18N2/c1-11(2)8-4-5-12(11,3)10-9(8)13-6-7-14-10/h8H,4-7H2,1-3H3. The van der Waals surface area contributed by atoms with Gasteiger partial charge >= 0.3 is 0 Å². The molecule has 1 heterocycles. The smallest absolute Gasteiger partial charge is 0.0626 e. The SMILES string of the molecule is CC12CCC(C3=NCCN=C31)C2(C)C. The highest BCUT2D eigenvalue weighted by Crippen LogP contribution is 2.63. The van der Waals surface area contributed by atoms with Crippen molar-refractivity contribution in [3.05, 3.63) is 0 Å². The molecule has 0 aromatic heterocycles. The average molecular weight is 190 g/mol. The maximum Gasteiger partial charge on any atom is 0.0626 e. The summed E-state index contributed by atoms with van der Waals surface area (Å²) < 4.78 is 0. The van der Waals surface area contributed by atoms with E-state index in [1.807, 2.05) is 0 Å². The van der Waals surface area contributed by atoms with Gasteiger partial charge in [0.25, 0.3) is 0 Å². The van der Waals surface area contributed by atoms with Crippen molar-refractivity contribution in [2.75, 3.05) is 13.1 Å². The molecule has 2 atom stereocenters.